The van der Waals surface area contributed by atoms with E-state index in [1.165, 1.54) is 16.8 Å². The van der Waals surface area contributed by atoms with E-state index in [2.05, 4.69) is 69.5 Å². The second kappa shape index (κ2) is 9.71. The number of carbonyl (C=O) groups excluding carboxylic acids is 1. The first-order valence-electron chi connectivity index (χ1n) is 11.0. The number of aromatic nitrogens is 1. The van der Waals surface area contributed by atoms with E-state index in [0.717, 1.165) is 51.0 Å². The van der Waals surface area contributed by atoms with Gasteiger partial charge >= 0.3 is 0 Å². The van der Waals surface area contributed by atoms with Crippen LogP contribution in [0.5, 0.6) is 0 Å². The first-order chi connectivity index (χ1) is 14.8. The lowest BCUT2D eigenvalue weighted by Crippen LogP contribution is -2.43. The molecule has 1 amide bonds. The van der Waals surface area contributed by atoms with Crippen molar-refractivity contribution in [3.8, 4) is 0 Å². The number of hydrogen-bond acceptors (Lipinski definition) is 2. The van der Waals surface area contributed by atoms with Crippen molar-refractivity contribution in [2.75, 3.05) is 13.1 Å². The van der Waals surface area contributed by atoms with Crippen molar-refractivity contribution < 1.29 is 4.79 Å². The number of amides is 1. The van der Waals surface area contributed by atoms with Gasteiger partial charge in [-0.1, -0.05) is 48.5 Å². The van der Waals surface area contributed by atoms with Gasteiger partial charge in [-0.15, -0.1) is 12.4 Å². The average molecular weight is 436 g/mol. The van der Waals surface area contributed by atoms with E-state index in [0.29, 0.717) is 12.0 Å². The summed E-state index contributed by atoms with van der Waals surface area (Å²) in [5.74, 6) is 0.768. The van der Waals surface area contributed by atoms with Crippen molar-refractivity contribution in [3.05, 3.63) is 95.3 Å². The maximum absolute atomic E-state index is 12.7. The van der Waals surface area contributed by atoms with Gasteiger partial charge in [-0.25, -0.2) is 0 Å². The Morgan fingerprint density at radius 2 is 1.77 bits per heavy atom. The molecular formula is C26H30ClN3O. The Balaban J connectivity index is 0.00000231. The van der Waals surface area contributed by atoms with Gasteiger partial charge in [0.05, 0.1) is 0 Å². The largest absolute Gasteiger partial charge is 0.347 e. The fourth-order valence-corrected chi connectivity index (χ4v) is 5.01. The van der Waals surface area contributed by atoms with Gasteiger partial charge in [-0.05, 0) is 54.6 Å². The molecule has 2 atom stereocenters. The van der Waals surface area contributed by atoms with E-state index in [1.807, 2.05) is 18.2 Å². The smallest absolute Gasteiger partial charge is 0.254 e. The van der Waals surface area contributed by atoms with E-state index >= 15 is 0 Å². The van der Waals surface area contributed by atoms with Gasteiger partial charge in [0.25, 0.3) is 5.91 Å². The number of piperidine rings is 1. The van der Waals surface area contributed by atoms with Crippen LogP contribution in [0.3, 0.4) is 0 Å². The van der Waals surface area contributed by atoms with Crippen LogP contribution in [0.4, 0.5) is 0 Å². The lowest BCUT2D eigenvalue weighted by atomic mass is 9.89. The Morgan fingerprint density at radius 1 is 0.968 bits per heavy atom. The Labute approximate surface area is 190 Å². The highest BCUT2D eigenvalue weighted by molar-refractivity contribution is 5.98. The molecule has 1 fully saturated rings. The molecule has 0 spiro atoms. The molecule has 31 heavy (non-hydrogen) atoms. The van der Waals surface area contributed by atoms with Crippen LogP contribution in [0.15, 0.2) is 72.9 Å². The van der Waals surface area contributed by atoms with Crippen LogP contribution >= 0.6 is 12.4 Å². The molecule has 5 heteroatoms. The zero-order valence-corrected chi connectivity index (χ0v) is 18.6. The predicted octanol–water partition coefficient (Wildman–Crippen LogP) is 4.52. The molecule has 5 rings (SSSR count). The number of hydrogen-bond donors (Lipinski definition) is 1. The molecule has 3 heterocycles. The third-order valence-electron chi connectivity index (χ3n) is 6.55. The zero-order valence-electron chi connectivity index (χ0n) is 17.7. The molecule has 2 aromatic carbocycles. The van der Waals surface area contributed by atoms with Gasteiger partial charge in [0, 0.05) is 49.6 Å². The van der Waals surface area contributed by atoms with Crippen LogP contribution in [-0.2, 0) is 19.5 Å². The third-order valence-corrected chi connectivity index (χ3v) is 6.55. The van der Waals surface area contributed by atoms with E-state index < -0.39 is 0 Å². The monoisotopic (exact) mass is 435 g/mol. The molecule has 162 valence electrons. The van der Waals surface area contributed by atoms with E-state index in [1.54, 1.807) is 0 Å². The van der Waals surface area contributed by atoms with Crippen LogP contribution in [-0.4, -0.2) is 34.5 Å². The number of rotatable bonds is 6. The highest BCUT2D eigenvalue weighted by Gasteiger charge is 2.31. The summed E-state index contributed by atoms with van der Waals surface area (Å²) in [4.78, 5) is 14.8. The molecule has 2 aliphatic heterocycles. The van der Waals surface area contributed by atoms with Crippen LogP contribution in [0.1, 0.15) is 40.0 Å². The second-order valence-corrected chi connectivity index (χ2v) is 8.70. The molecule has 2 unspecified atom stereocenters. The molecule has 0 aliphatic carbocycles. The summed E-state index contributed by atoms with van der Waals surface area (Å²) < 4.78 is 2.36. The minimum atomic E-state index is 0. The summed E-state index contributed by atoms with van der Waals surface area (Å²) in [5, 5.41) is 3.71. The van der Waals surface area contributed by atoms with Gasteiger partial charge in [0.1, 0.15) is 0 Å². The summed E-state index contributed by atoms with van der Waals surface area (Å²) in [5.41, 5.74) is 4.77. The SMILES string of the molecule is Cl.O=C1c2ccccc2CN1CC1CCNC(Cc2cccn2Cc2ccccc2)C1. The average Bonchev–Trinajstić information content (AvgIpc) is 3.33. The molecular weight excluding hydrogens is 406 g/mol. The van der Waals surface area contributed by atoms with Crippen molar-refractivity contribution in [1.29, 1.82) is 0 Å². The van der Waals surface area contributed by atoms with Crippen LogP contribution in [0.2, 0.25) is 0 Å². The minimum Gasteiger partial charge on any atom is -0.347 e. The van der Waals surface area contributed by atoms with E-state index in [4.69, 9.17) is 0 Å². The Kier molecular flexibility index (Phi) is 6.79. The lowest BCUT2D eigenvalue weighted by Gasteiger charge is -2.33. The van der Waals surface area contributed by atoms with Gasteiger partial charge in [0.15, 0.2) is 0 Å². The molecule has 1 aromatic heterocycles. The number of carbonyl (C=O) groups is 1. The summed E-state index contributed by atoms with van der Waals surface area (Å²) >= 11 is 0. The molecule has 0 saturated carbocycles. The maximum atomic E-state index is 12.7. The number of halogens is 1. The van der Waals surface area contributed by atoms with Crippen LogP contribution in [0.25, 0.3) is 0 Å². The summed E-state index contributed by atoms with van der Waals surface area (Å²) in [7, 11) is 0. The Hall–Kier alpha value is -2.56. The van der Waals surface area contributed by atoms with Crippen molar-refractivity contribution >= 4 is 18.3 Å². The van der Waals surface area contributed by atoms with E-state index in [9.17, 15) is 4.79 Å². The standard InChI is InChI=1S/C26H29N3O.ClH/c30-26-25-11-5-4-9-22(25)19-29(26)18-21-12-13-27-23(15-21)16-24-10-6-14-28(24)17-20-7-2-1-3-8-20;/h1-11,14,21,23,27H,12-13,15-19H2;1H. The summed E-state index contributed by atoms with van der Waals surface area (Å²) in [6, 6.07) is 23.5. The van der Waals surface area contributed by atoms with Crippen molar-refractivity contribution in [3.63, 3.8) is 0 Å². The van der Waals surface area contributed by atoms with Gasteiger partial charge in [-0.3, -0.25) is 4.79 Å². The fourth-order valence-electron chi connectivity index (χ4n) is 5.01. The molecule has 1 saturated heterocycles. The number of benzene rings is 2. The minimum absolute atomic E-state index is 0. The number of nitrogens with zero attached hydrogens (tertiary/aromatic N) is 2. The molecule has 2 aliphatic rings. The van der Waals surface area contributed by atoms with Gasteiger partial charge in [0.2, 0.25) is 0 Å². The van der Waals surface area contributed by atoms with Crippen molar-refractivity contribution in [2.45, 2.75) is 38.4 Å². The number of nitrogens with one attached hydrogen (secondary N) is 1. The van der Waals surface area contributed by atoms with E-state index in [-0.39, 0.29) is 18.3 Å². The lowest BCUT2D eigenvalue weighted by molar-refractivity contribution is 0.0732. The Morgan fingerprint density at radius 3 is 2.61 bits per heavy atom. The first-order valence-corrected chi connectivity index (χ1v) is 11.0. The summed E-state index contributed by atoms with van der Waals surface area (Å²) in [6.45, 7) is 3.59. The topological polar surface area (TPSA) is 37.3 Å². The second-order valence-electron chi connectivity index (χ2n) is 8.70. The van der Waals surface area contributed by atoms with Crippen LogP contribution < -0.4 is 5.32 Å². The van der Waals surface area contributed by atoms with Crippen molar-refractivity contribution in [2.24, 2.45) is 5.92 Å². The van der Waals surface area contributed by atoms with Gasteiger partial charge in [-0.2, -0.15) is 0 Å². The molecule has 0 radical (unpaired) electrons. The van der Waals surface area contributed by atoms with Gasteiger partial charge < -0.3 is 14.8 Å². The third kappa shape index (κ3) is 4.86. The highest BCUT2D eigenvalue weighted by atomic mass is 35.5. The zero-order chi connectivity index (χ0) is 20.3. The van der Waals surface area contributed by atoms with Crippen LogP contribution in [0, 0.1) is 5.92 Å². The summed E-state index contributed by atoms with van der Waals surface area (Å²) in [6.07, 6.45) is 5.48. The molecule has 1 N–H and O–H groups in total. The molecule has 3 aromatic rings. The number of fused-ring (bicyclic) bond motifs is 1. The predicted molar refractivity (Wildman–Crippen MR) is 127 cm³/mol. The van der Waals surface area contributed by atoms with Crippen molar-refractivity contribution in [1.82, 2.24) is 14.8 Å². The fraction of sp³-hybridized carbons (Fsp3) is 0.346. The maximum Gasteiger partial charge on any atom is 0.254 e. The Bertz CT molecular complexity index is 1020. The highest BCUT2D eigenvalue weighted by Crippen LogP contribution is 2.27. The molecule has 4 nitrogen and oxygen atoms in total. The normalized spacial score (nSPS) is 20.4. The molecule has 0 bridgehead atoms. The first kappa shape index (κ1) is 21.7. The quantitative estimate of drug-likeness (QED) is 0.617.